The standard InChI is InChI=1S/C24H42N2O4/c1-17(15-27)25(13-19-7-5-8-19)23(29)21-11-3-4-12-22(21)24(30)26(18(2)16-28)14-20-9-6-10-20/h17-22,27-28H,3-16H2,1-2H3/t17?,18?,21-,22-/m1/s1. The molecule has 0 aromatic carbocycles. The molecule has 30 heavy (non-hydrogen) atoms. The molecule has 0 radical (unpaired) electrons. The lowest BCUT2D eigenvalue weighted by Crippen LogP contribution is -2.53. The molecule has 0 saturated heterocycles. The van der Waals surface area contributed by atoms with Gasteiger partial charge < -0.3 is 20.0 Å². The molecule has 4 atom stereocenters. The van der Waals surface area contributed by atoms with Crippen LogP contribution in [0.1, 0.15) is 78.1 Å². The van der Waals surface area contributed by atoms with Crippen LogP contribution in [-0.4, -0.2) is 70.2 Å². The summed E-state index contributed by atoms with van der Waals surface area (Å²) in [5.74, 6) is 0.587. The van der Waals surface area contributed by atoms with Gasteiger partial charge in [-0.1, -0.05) is 25.7 Å². The van der Waals surface area contributed by atoms with E-state index in [1.807, 2.05) is 23.6 Å². The molecule has 2 amide bonds. The topological polar surface area (TPSA) is 81.1 Å². The van der Waals surface area contributed by atoms with Gasteiger partial charge in [0.15, 0.2) is 0 Å². The minimum atomic E-state index is -0.296. The average Bonchev–Trinajstić information content (AvgIpc) is 2.70. The number of carbonyl (C=O) groups is 2. The highest BCUT2D eigenvalue weighted by Gasteiger charge is 2.42. The first-order chi connectivity index (χ1) is 14.5. The molecule has 3 aliphatic carbocycles. The zero-order valence-corrected chi connectivity index (χ0v) is 19.0. The minimum Gasteiger partial charge on any atom is -0.394 e. The number of amides is 2. The van der Waals surface area contributed by atoms with E-state index >= 15 is 0 Å². The summed E-state index contributed by atoms with van der Waals surface area (Å²) in [7, 11) is 0. The maximum absolute atomic E-state index is 13.6. The highest BCUT2D eigenvalue weighted by Crippen LogP contribution is 2.36. The monoisotopic (exact) mass is 422 g/mol. The normalized spacial score (nSPS) is 26.9. The lowest BCUT2D eigenvalue weighted by molar-refractivity contribution is -0.152. The van der Waals surface area contributed by atoms with E-state index in [9.17, 15) is 19.8 Å². The van der Waals surface area contributed by atoms with E-state index in [1.54, 1.807) is 0 Å². The van der Waals surface area contributed by atoms with E-state index in [0.29, 0.717) is 24.9 Å². The quantitative estimate of drug-likeness (QED) is 0.567. The average molecular weight is 423 g/mol. The van der Waals surface area contributed by atoms with Gasteiger partial charge in [0.1, 0.15) is 0 Å². The Hall–Kier alpha value is -1.14. The second kappa shape index (κ2) is 10.9. The number of carbonyl (C=O) groups excluding carboxylic acids is 2. The number of aliphatic hydroxyl groups is 2. The number of hydrogen-bond donors (Lipinski definition) is 2. The first-order valence-corrected chi connectivity index (χ1v) is 12.3. The van der Waals surface area contributed by atoms with Crippen molar-refractivity contribution in [2.45, 2.75) is 90.1 Å². The Morgan fingerprint density at radius 3 is 1.33 bits per heavy atom. The van der Waals surface area contributed by atoms with E-state index in [1.165, 1.54) is 12.8 Å². The number of hydrogen-bond acceptors (Lipinski definition) is 4. The Morgan fingerprint density at radius 2 is 1.07 bits per heavy atom. The maximum Gasteiger partial charge on any atom is 0.226 e. The SMILES string of the molecule is CC(CO)N(CC1CCC1)C(=O)[C@@H]1CCCC[C@H]1C(=O)N(CC1CCC1)C(C)CO. The van der Waals surface area contributed by atoms with Crippen molar-refractivity contribution >= 4 is 11.8 Å². The van der Waals surface area contributed by atoms with Gasteiger partial charge in [-0.2, -0.15) is 0 Å². The van der Waals surface area contributed by atoms with Crippen molar-refractivity contribution in [1.82, 2.24) is 9.80 Å². The van der Waals surface area contributed by atoms with Crippen LogP contribution in [0.4, 0.5) is 0 Å². The molecule has 2 N–H and O–H groups in total. The van der Waals surface area contributed by atoms with Gasteiger partial charge >= 0.3 is 0 Å². The summed E-state index contributed by atoms with van der Waals surface area (Å²) in [5.41, 5.74) is 0. The molecule has 0 heterocycles. The highest BCUT2D eigenvalue weighted by atomic mass is 16.3. The Morgan fingerprint density at radius 1 is 0.700 bits per heavy atom. The summed E-state index contributed by atoms with van der Waals surface area (Å²) in [5, 5.41) is 19.5. The molecule has 0 aromatic heterocycles. The van der Waals surface area contributed by atoms with E-state index in [-0.39, 0.29) is 48.9 Å². The first kappa shape index (κ1) is 23.5. The van der Waals surface area contributed by atoms with Crippen molar-refractivity contribution in [3.63, 3.8) is 0 Å². The van der Waals surface area contributed by atoms with Crippen molar-refractivity contribution < 1.29 is 19.8 Å². The van der Waals surface area contributed by atoms with Gasteiger partial charge in [0.05, 0.1) is 25.3 Å². The summed E-state index contributed by atoms with van der Waals surface area (Å²) in [6, 6.07) is -0.420. The van der Waals surface area contributed by atoms with Crippen LogP contribution in [0.3, 0.4) is 0 Å². The minimum absolute atomic E-state index is 0.0425. The highest BCUT2D eigenvalue weighted by molar-refractivity contribution is 5.88. The summed E-state index contributed by atoms with van der Waals surface area (Å²) in [4.78, 5) is 31.0. The maximum atomic E-state index is 13.6. The number of aliphatic hydroxyl groups excluding tert-OH is 2. The third-order valence-corrected chi connectivity index (χ3v) is 7.92. The van der Waals surface area contributed by atoms with Crippen molar-refractivity contribution in [1.29, 1.82) is 0 Å². The third kappa shape index (κ3) is 5.37. The molecule has 3 fully saturated rings. The zero-order chi connectivity index (χ0) is 21.7. The van der Waals surface area contributed by atoms with Gasteiger partial charge in [0.2, 0.25) is 11.8 Å². The van der Waals surface area contributed by atoms with Crippen LogP contribution in [0.5, 0.6) is 0 Å². The Labute approximate surface area is 182 Å². The van der Waals surface area contributed by atoms with Gasteiger partial charge in [-0.25, -0.2) is 0 Å². The van der Waals surface area contributed by atoms with E-state index in [0.717, 1.165) is 51.4 Å². The molecule has 0 aromatic rings. The van der Waals surface area contributed by atoms with Crippen molar-refractivity contribution in [3.8, 4) is 0 Å². The van der Waals surface area contributed by atoms with Gasteiger partial charge in [0, 0.05) is 24.9 Å². The predicted octanol–water partition coefficient (Wildman–Crippen LogP) is 2.81. The largest absolute Gasteiger partial charge is 0.394 e. The molecular weight excluding hydrogens is 380 g/mol. The fourth-order valence-electron chi connectivity index (χ4n) is 5.23. The lowest BCUT2D eigenvalue weighted by atomic mass is 9.76. The number of nitrogens with zero attached hydrogens (tertiary/aromatic N) is 2. The molecule has 3 rings (SSSR count). The van der Waals surface area contributed by atoms with Crippen LogP contribution in [0.15, 0.2) is 0 Å². The molecule has 3 aliphatic rings. The van der Waals surface area contributed by atoms with Crippen LogP contribution in [0.25, 0.3) is 0 Å². The van der Waals surface area contributed by atoms with E-state index in [2.05, 4.69) is 0 Å². The third-order valence-electron chi connectivity index (χ3n) is 7.92. The van der Waals surface area contributed by atoms with E-state index in [4.69, 9.17) is 0 Å². The lowest BCUT2D eigenvalue weighted by Gasteiger charge is -2.42. The van der Waals surface area contributed by atoms with Crippen molar-refractivity contribution in [2.24, 2.45) is 23.7 Å². The Balaban J connectivity index is 1.75. The van der Waals surface area contributed by atoms with Crippen LogP contribution in [0, 0.1) is 23.7 Å². The van der Waals surface area contributed by atoms with Crippen molar-refractivity contribution in [2.75, 3.05) is 26.3 Å². The zero-order valence-electron chi connectivity index (χ0n) is 19.0. The molecule has 0 bridgehead atoms. The Bertz CT molecular complexity index is 526. The Kier molecular flexibility index (Phi) is 8.58. The van der Waals surface area contributed by atoms with Crippen LogP contribution >= 0.6 is 0 Å². The molecule has 3 saturated carbocycles. The molecular formula is C24H42N2O4. The second-order valence-corrected chi connectivity index (χ2v) is 10.1. The molecule has 172 valence electrons. The van der Waals surface area contributed by atoms with Crippen LogP contribution in [-0.2, 0) is 9.59 Å². The van der Waals surface area contributed by atoms with E-state index < -0.39 is 0 Å². The van der Waals surface area contributed by atoms with Gasteiger partial charge in [-0.05, 0) is 64.2 Å². The summed E-state index contributed by atoms with van der Waals surface area (Å²) >= 11 is 0. The fraction of sp³-hybridized carbons (Fsp3) is 0.917. The molecule has 6 nitrogen and oxygen atoms in total. The first-order valence-electron chi connectivity index (χ1n) is 12.3. The van der Waals surface area contributed by atoms with Crippen LogP contribution < -0.4 is 0 Å². The summed E-state index contributed by atoms with van der Waals surface area (Å²) in [6.45, 7) is 5.14. The second-order valence-electron chi connectivity index (χ2n) is 10.1. The number of rotatable bonds is 10. The molecule has 2 unspecified atom stereocenters. The molecule has 0 spiro atoms. The van der Waals surface area contributed by atoms with Gasteiger partial charge in [-0.3, -0.25) is 9.59 Å². The van der Waals surface area contributed by atoms with Crippen molar-refractivity contribution in [3.05, 3.63) is 0 Å². The molecule has 6 heteroatoms. The summed E-state index contributed by atoms with van der Waals surface area (Å²) < 4.78 is 0. The fourth-order valence-corrected chi connectivity index (χ4v) is 5.23. The van der Waals surface area contributed by atoms with Gasteiger partial charge in [0.25, 0.3) is 0 Å². The predicted molar refractivity (Wildman–Crippen MR) is 117 cm³/mol. The summed E-state index contributed by atoms with van der Waals surface area (Å²) in [6.07, 6.45) is 10.5. The smallest absolute Gasteiger partial charge is 0.226 e. The van der Waals surface area contributed by atoms with Gasteiger partial charge in [-0.15, -0.1) is 0 Å². The van der Waals surface area contributed by atoms with Crippen LogP contribution in [0.2, 0.25) is 0 Å². The molecule has 0 aliphatic heterocycles.